The number of aliphatic hydroxyl groups excluding tert-OH is 3. The van der Waals surface area contributed by atoms with Gasteiger partial charge in [0.25, 0.3) is 5.91 Å². The number of aliphatic hydroxyl groups is 3. The normalized spacial score (nSPS) is 27.1. The van der Waals surface area contributed by atoms with Crippen LogP contribution in [0.1, 0.15) is 21.8 Å². The summed E-state index contributed by atoms with van der Waals surface area (Å²) in [7, 11) is -4.53. The number of fused-ring (bicyclic) bond motifs is 4. The van der Waals surface area contributed by atoms with Crippen molar-refractivity contribution in [1.82, 2.24) is 5.32 Å². The fourth-order valence-electron chi connectivity index (χ4n) is 4.99. The third-order valence-electron chi connectivity index (χ3n) is 6.78. The molecule has 13 heteroatoms. The summed E-state index contributed by atoms with van der Waals surface area (Å²) >= 11 is 1.98. The van der Waals surface area contributed by atoms with Gasteiger partial charge in [-0.2, -0.15) is 4.57 Å². The zero-order valence-corrected chi connectivity index (χ0v) is 23.1. The van der Waals surface area contributed by atoms with Gasteiger partial charge in [-0.3, -0.25) is 4.79 Å². The summed E-state index contributed by atoms with van der Waals surface area (Å²) < 4.78 is 42.3. The van der Waals surface area contributed by atoms with Crippen LogP contribution in [0.2, 0.25) is 0 Å². The summed E-state index contributed by atoms with van der Waals surface area (Å²) in [6.45, 7) is -0.189. The number of ether oxygens (including phenoxy) is 2. The quantitative estimate of drug-likeness (QED) is 0.175. The summed E-state index contributed by atoms with van der Waals surface area (Å²) in [6.07, 6.45) is -4.18. The van der Waals surface area contributed by atoms with Gasteiger partial charge in [-0.15, -0.1) is 0 Å². The molecular formula is C26H23INO10P. The summed E-state index contributed by atoms with van der Waals surface area (Å²) in [4.78, 5) is 13.5. The van der Waals surface area contributed by atoms with Crippen molar-refractivity contribution in [3.8, 4) is 28.7 Å². The number of amides is 1. The van der Waals surface area contributed by atoms with Gasteiger partial charge >= 0.3 is 7.82 Å². The predicted molar refractivity (Wildman–Crippen MR) is 145 cm³/mol. The van der Waals surface area contributed by atoms with Gasteiger partial charge in [0.1, 0.15) is 23.7 Å². The largest absolute Gasteiger partial charge is 0.647 e. The third-order valence-corrected chi connectivity index (χ3v) is 9.57. The van der Waals surface area contributed by atoms with Crippen molar-refractivity contribution in [2.24, 2.45) is 0 Å². The van der Waals surface area contributed by atoms with Crippen LogP contribution in [0.5, 0.6) is 28.7 Å². The van der Waals surface area contributed by atoms with E-state index in [1.165, 1.54) is 0 Å². The lowest BCUT2D eigenvalue weighted by molar-refractivity contribution is -0.0985. The number of benzene rings is 3. The van der Waals surface area contributed by atoms with Gasteiger partial charge in [0, 0.05) is 9.84 Å². The van der Waals surface area contributed by atoms with E-state index < -0.39 is 47.9 Å². The molecular weight excluding hydrogens is 644 g/mol. The van der Waals surface area contributed by atoms with Crippen LogP contribution >= 0.6 is 30.4 Å². The highest BCUT2D eigenvalue weighted by Crippen LogP contribution is 2.58. The van der Waals surface area contributed by atoms with Crippen LogP contribution in [-0.4, -0.2) is 56.3 Å². The molecule has 39 heavy (non-hydrogen) atoms. The van der Waals surface area contributed by atoms with Crippen molar-refractivity contribution < 1.29 is 47.7 Å². The number of phosphoric acid groups is 1. The molecule has 1 saturated carbocycles. The summed E-state index contributed by atoms with van der Waals surface area (Å²) in [5.74, 6) is -0.936. The number of hydrogen-bond donors (Lipinski definition) is 4. The molecule has 1 fully saturated rings. The molecule has 0 spiro atoms. The van der Waals surface area contributed by atoms with Crippen LogP contribution < -0.4 is 28.4 Å². The molecule has 1 amide bonds. The van der Waals surface area contributed by atoms with Gasteiger partial charge in [-0.05, 0) is 35.9 Å². The Morgan fingerprint density at radius 1 is 0.872 bits per heavy atom. The molecule has 2 unspecified atom stereocenters. The average molecular weight is 667 g/mol. The number of phosphoric ester groups is 1. The molecule has 3 aromatic carbocycles. The number of nitrogens with one attached hydrogen (secondary N) is 1. The molecule has 1 aliphatic carbocycles. The van der Waals surface area contributed by atoms with Crippen molar-refractivity contribution in [2.75, 3.05) is 6.79 Å². The lowest BCUT2D eigenvalue weighted by Gasteiger charge is -2.47. The van der Waals surface area contributed by atoms with E-state index in [4.69, 9.17) is 23.0 Å². The summed E-state index contributed by atoms with van der Waals surface area (Å²) in [5.41, 5.74) is 0.324. The highest BCUT2D eigenvalue weighted by molar-refractivity contribution is 14.1. The lowest BCUT2D eigenvalue weighted by atomic mass is 9.72. The Balaban J connectivity index is 1.48. The third kappa shape index (κ3) is 4.70. The minimum atomic E-state index is -4.53. The first-order valence-corrected chi connectivity index (χ1v) is 14.7. The standard InChI is InChI=1S/C26H23INO10P/c27-19-17-15-11-16-24(35-12-34-16)25(18(15)26(32)28-20(17)22(30)23(31)21(19)29)38-39(33,36-13-7-3-1-4-8-13)37-14-9-5-2-6-10-14/h1-11,17,19-23,29-31H,12H2,(H,28,32)/t17?,19?,20-,21+,22+,23-/m1/s1. The van der Waals surface area contributed by atoms with Crippen molar-refractivity contribution in [3.05, 3.63) is 77.9 Å². The van der Waals surface area contributed by atoms with Crippen molar-refractivity contribution in [3.63, 3.8) is 0 Å². The van der Waals surface area contributed by atoms with Gasteiger partial charge in [-0.1, -0.05) is 59.0 Å². The molecule has 0 bridgehead atoms. The molecule has 3 aromatic rings. The zero-order chi connectivity index (χ0) is 27.3. The molecule has 0 radical (unpaired) electrons. The molecule has 4 N–H and O–H groups in total. The van der Waals surface area contributed by atoms with Crippen molar-refractivity contribution in [2.45, 2.75) is 34.2 Å². The second kappa shape index (κ2) is 10.2. The van der Waals surface area contributed by atoms with Crippen molar-refractivity contribution in [1.29, 1.82) is 0 Å². The van der Waals surface area contributed by atoms with E-state index in [1.54, 1.807) is 66.7 Å². The molecule has 2 heterocycles. The molecule has 6 rings (SSSR count). The second-order valence-corrected chi connectivity index (χ2v) is 12.1. The maximum absolute atomic E-state index is 14.2. The Morgan fingerprint density at radius 2 is 1.49 bits per heavy atom. The molecule has 0 saturated heterocycles. The Kier molecular flexibility index (Phi) is 6.84. The fraction of sp³-hybridized carbons (Fsp3) is 0.269. The number of carbonyl (C=O) groups is 1. The first-order chi connectivity index (χ1) is 18.8. The smallest absolute Gasteiger partial charge is 0.453 e. The predicted octanol–water partition coefficient (Wildman–Crippen LogP) is 3.16. The Labute approximate surface area is 236 Å². The van der Waals surface area contributed by atoms with Gasteiger partial charge in [0.05, 0.1) is 17.7 Å². The number of rotatable bonds is 6. The van der Waals surface area contributed by atoms with Crippen LogP contribution in [0.15, 0.2) is 66.7 Å². The number of hydrogen-bond acceptors (Lipinski definition) is 10. The molecule has 0 aromatic heterocycles. The van der Waals surface area contributed by atoms with E-state index in [0.717, 1.165) is 0 Å². The minimum absolute atomic E-state index is 0.0258. The number of alkyl halides is 1. The number of carbonyl (C=O) groups excluding carboxylic acids is 1. The Hall–Kier alpha value is -3.03. The van der Waals surface area contributed by atoms with Crippen LogP contribution in [-0.2, 0) is 4.57 Å². The van der Waals surface area contributed by atoms with Crippen LogP contribution in [0.4, 0.5) is 0 Å². The highest BCUT2D eigenvalue weighted by Gasteiger charge is 2.54. The van der Waals surface area contributed by atoms with E-state index >= 15 is 0 Å². The van der Waals surface area contributed by atoms with Gasteiger partial charge in [0.15, 0.2) is 11.5 Å². The number of halogens is 1. The summed E-state index contributed by atoms with van der Waals surface area (Å²) in [6, 6.07) is 17.2. The van der Waals surface area contributed by atoms with Crippen molar-refractivity contribution >= 4 is 36.3 Å². The Bertz CT molecular complexity index is 1400. The zero-order valence-electron chi connectivity index (χ0n) is 20.0. The van der Waals surface area contributed by atoms with Gasteiger partial charge in [0.2, 0.25) is 12.5 Å². The maximum Gasteiger partial charge on any atom is 0.647 e. The molecule has 11 nitrogen and oxygen atoms in total. The fourth-order valence-corrected chi connectivity index (χ4v) is 7.52. The first-order valence-electron chi connectivity index (χ1n) is 12.0. The van der Waals surface area contributed by atoms with E-state index in [9.17, 15) is 24.7 Å². The van der Waals surface area contributed by atoms with Gasteiger partial charge in [-0.25, -0.2) is 0 Å². The topological polar surface area (TPSA) is 153 Å². The molecule has 3 aliphatic rings. The first kappa shape index (κ1) is 26.2. The Morgan fingerprint density at radius 3 is 2.10 bits per heavy atom. The van der Waals surface area contributed by atoms with E-state index in [1.807, 2.05) is 22.6 Å². The highest BCUT2D eigenvalue weighted by atomic mass is 127. The lowest BCUT2D eigenvalue weighted by Crippen LogP contribution is -2.65. The monoisotopic (exact) mass is 667 g/mol. The van der Waals surface area contributed by atoms with E-state index in [-0.39, 0.29) is 41.1 Å². The van der Waals surface area contributed by atoms with E-state index in [2.05, 4.69) is 5.32 Å². The maximum atomic E-state index is 14.2. The van der Waals surface area contributed by atoms with Gasteiger partial charge < -0.3 is 43.7 Å². The van der Waals surface area contributed by atoms with E-state index in [0.29, 0.717) is 5.56 Å². The van der Waals surface area contributed by atoms with Crippen LogP contribution in [0.25, 0.3) is 0 Å². The molecule has 2 aliphatic heterocycles. The minimum Gasteiger partial charge on any atom is -0.453 e. The molecule has 6 atom stereocenters. The van der Waals surface area contributed by atoms with Crippen LogP contribution in [0, 0.1) is 0 Å². The second-order valence-electron chi connectivity index (χ2n) is 9.19. The van der Waals surface area contributed by atoms with Crippen LogP contribution in [0.3, 0.4) is 0 Å². The summed E-state index contributed by atoms with van der Waals surface area (Å²) in [5, 5.41) is 34.4. The molecule has 204 valence electrons. The number of para-hydroxylation sites is 2. The SMILES string of the molecule is O=C1N[C@@H]2C(c3cc4c(c(OP(=O)(Oc5ccccc5)Oc5ccccc5)c31)OCO4)C(I)[C@H](O)[C@@H](O)[C@H]2O. The average Bonchev–Trinajstić information content (AvgIpc) is 3.40.